The second kappa shape index (κ2) is 9.57. The van der Waals surface area contributed by atoms with Crippen LogP contribution in [0.3, 0.4) is 0 Å². The first-order valence-corrected chi connectivity index (χ1v) is 11.9. The van der Waals surface area contributed by atoms with Crippen LogP contribution in [0.25, 0.3) is 0 Å². The fourth-order valence-corrected chi connectivity index (χ4v) is 6.34. The Bertz CT molecular complexity index is 1050. The van der Waals surface area contributed by atoms with Crippen molar-refractivity contribution in [3.8, 4) is 0 Å². The van der Waals surface area contributed by atoms with Gasteiger partial charge >= 0.3 is 66.9 Å². The van der Waals surface area contributed by atoms with Gasteiger partial charge in [-0.1, -0.05) is 36.0 Å². The maximum absolute atomic E-state index is 12.4. The zero-order valence-electron chi connectivity index (χ0n) is 14.2. The Balaban J connectivity index is 0.00000300. The van der Waals surface area contributed by atoms with Crippen molar-refractivity contribution in [1.82, 2.24) is 4.13 Å². The second-order valence-corrected chi connectivity index (χ2v) is 10.8. The Hall–Kier alpha value is -0.124. The molecule has 0 aliphatic carbocycles. The number of rotatable bonds is 6. The van der Waals surface area contributed by atoms with Crippen LogP contribution in [-0.2, 0) is 20.0 Å². The van der Waals surface area contributed by atoms with Crippen molar-refractivity contribution in [2.45, 2.75) is 21.7 Å². The standard InChI is InChI=1S/C16H15F3N2O4S3.K.H/c17-16(18,19)28(24,25)20-27(22,23)11-5-10-21-12-6-1-3-8-14(12)26-15-9-4-2-7-13(15)21;;/h1-4,6-9,20H,5,10-11H2;;. The molecule has 0 atom stereocenters. The molecule has 0 radical (unpaired) electrons. The molecule has 1 aliphatic rings. The molecule has 0 fully saturated rings. The molecule has 2 aromatic rings. The number of hydrogen-bond acceptors (Lipinski definition) is 6. The molecule has 154 valence electrons. The molecule has 0 saturated carbocycles. The van der Waals surface area contributed by atoms with Gasteiger partial charge in [0, 0.05) is 16.3 Å². The van der Waals surface area contributed by atoms with E-state index in [9.17, 15) is 30.0 Å². The molecule has 2 aromatic carbocycles. The summed E-state index contributed by atoms with van der Waals surface area (Å²) in [6.45, 7) is 0.182. The number of halogens is 3. The minimum absolute atomic E-state index is 0. The molecule has 0 spiro atoms. The normalized spacial score (nSPS) is 14.0. The first kappa shape index (κ1) is 25.1. The summed E-state index contributed by atoms with van der Waals surface area (Å²) in [7, 11) is -10.6. The summed E-state index contributed by atoms with van der Waals surface area (Å²) in [5.74, 6) is -0.768. The summed E-state index contributed by atoms with van der Waals surface area (Å²) in [4.78, 5) is 3.79. The Kier molecular flexibility index (Phi) is 8.29. The first-order valence-electron chi connectivity index (χ1n) is 7.96. The van der Waals surface area contributed by atoms with E-state index in [4.69, 9.17) is 0 Å². The Morgan fingerprint density at radius 3 is 1.86 bits per heavy atom. The summed E-state index contributed by atoms with van der Waals surface area (Å²) in [6, 6.07) is 14.9. The molecule has 1 heterocycles. The number of anilines is 2. The van der Waals surface area contributed by atoms with Gasteiger partial charge in [0.2, 0.25) is 10.0 Å². The summed E-state index contributed by atoms with van der Waals surface area (Å²) >= 11 is 1.56. The summed E-state index contributed by atoms with van der Waals surface area (Å²) < 4.78 is 83.6. The van der Waals surface area contributed by atoms with Crippen molar-refractivity contribution >= 4 is 94.6 Å². The van der Waals surface area contributed by atoms with Crippen LogP contribution in [-0.4, -0.2) is 86.0 Å². The molecular formula is C16H16F3KN2O4S3. The van der Waals surface area contributed by atoms with E-state index in [0.29, 0.717) is 0 Å². The fraction of sp³-hybridized carbons (Fsp3) is 0.250. The van der Waals surface area contributed by atoms with Crippen LogP contribution in [0.4, 0.5) is 24.5 Å². The van der Waals surface area contributed by atoms with E-state index in [1.165, 1.54) is 0 Å². The van der Waals surface area contributed by atoms with Crippen LogP contribution < -0.4 is 9.03 Å². The minimum atomic E-state index is -5.96. The molecular weight excluding hydrogens is 476 g/mol. The van der Waals surface area contributed by atoms with E-state index >= 15 is 0 Å². The third-order valence-electron chi connectivity index (χ3n) is 3.87. The van der Waals surface area contributed by atoms with Crippen LogP contribution in [0.5, 0.6) is 0 Å². The molecule has 29 heavy (non-hydrogen) atoms. The Morgan fingerprint density at radius 2 is 1.38 bits per heavy atom. The summed E-state index contributed by atoms with van der Waals surface area (Å²) in [6.07, 6.45) is -0.0734. The van der Waals surface area contributed by atoms with Gasteiger partial charge in [-0.2, -0.15) is 13.2 Å². The van der Waals surface area contributed by atoms with E-state index in [2.05, 4.69) is 0 Å². The van der Waals surface area contributed by atoms with Gasteiger partial charge in [0.15, 0.2) is 0 Å². The molecule has 0 bridgehead atoms. The second-order valence-electron chi connectivity index (χ2n) is 5.89. The van der Waals surface area contributed by atoms with Gasteiger partial charge in [0.05, 0.1) is 17.1 Å². The number of fused-ring (bicyclic) bond motifs is 2. The molecule has 1 aliphatic heterocycles. The van der Waals surface area contributed by atoms with E-state index in [0.717, 1.165) is 25.3 Å². The number of para-hydroxylation sites is 2. The van der Waals surface area contributed by atoms with Gasteiger partial charge in [-0.3, -0.25) is 0 Å². The SMILES string of the molecule is O=S(=O)(CCCN1c2ccccc2Sc2ccccc21)NS(=O)(=O)C(F)(F)F.[KH]. The van der Waals surface area contributed by atoms with Crippen LogP contribution in [0.1, 0.15) is 6.42 Å². The van der Waals surface area contributed by atoms with Gasteiger partial charge < -0.3 is 4.90 Å². The first-order chi connectivity index (χ1) is 13.0. The molecule has 13 heteroatoms. The molecule has 0 unspecified atom stereocenters. The van der Waals surface area contributed by atoms with Crippen molar-refractivity contribution in [3.63, 3.8) is 0 Å². The molecule has 0 saturated heterocycles. The number of benzene rings is 2. The van der Waals surface area contributed by atoms with Crippen molar-refractivity contribution in [3.05, 3.63) is 48.5 Å². The Morgan fingerprint density at radius 1 is 0.897 bits per heavy atom. The fourth-order valence-electron chi connectivity index (χ4n) is 2.69. The van der Waals surface area contributed by atoms with Gasteiger partial charge in [-0.15, -0.1) is 4.13 Å². The molecule has 6 nitrogen and oxygen atoms in total. The maximum atomic E-state index is 12.4. The quantitative estimate of drug-likeness (QED) is 0.625. The van der Waals surface area contributed by atoms with Crippen molar-refractivity contribution in [2.75, 3.05) is 17.2 Å². The third kappa shape index (κ3) is 5.98. The number of nitrogens with zero attached hydrogens (tertiary/aromatic N) is 1. The van der Waals surface area contributed by atoms with E-state index in [-0.39, 0.29) is 64.4 Å². The Labute approximate surface area is 213 Å². The summed E-state index contributed by atoms with van der Waals surface area (Å²) in [5.41, 5.74) is -4.00. The van der Waals surface area contributed by atoms with Gasteiger partial charge in [0.25, 0.3) is 0 Å². The van der Waals surface area contributed by atoms with Gasteiger partial charge in [-0.25, -0.2) is 16.8 Å². The van der Waals surface area contributed by atoms with Crippen LogP contribution in [0, 0.1) is 0 Å². The average Bonchev–Trinajstić information content (AvgIpc) is 2.59. The monoisotopic (exact) mass is 492 g/mol. The van der Waals surface area contributed by atoms with Gasteiger partial charge in [0.1, 0.15) is 0 Å². The van der Waals surface area contributed by atoms with Crippen LogP contribution in [0.15, 0.2) is 58.3 Å². The van der Waals surface area contributed by atoms with Crippen molar-refractivity contribution in [2.24, 2.45) is 0 Å². The molecule has 0 aromatic heterocycles. The number of sulfonamides is 2. The number of alkyl halides is 3. The number of nitrogens with one attached hydrogen (secondary N) is 1. The summed E-state index contributed by atoms with van der Waals surface area (Å²) in [5, 5.41) is 0. The van der Waals surface area contributed by atoms with E-state index in [1.807, 2.05) is 53.4 Å². The average molecular weight is 493 g/mol. The van der Waals surface area contributed by atoms with Crippen molar-refractivity contribution < 1.29 is 30.0 Å². The third-order valence-corrected chi connectivity index (χ3v) is 8.33. The zero-order valence-corrected chi connectivity index (χ0v) is 16.6. The van der Waals surface area contributed by atoms with Gasteiger partial charge in [-0.05, 0) is 30.7 Å². The van der Waals surface area contributed by atoms with Crippen molar-refractivity contribution in [1.29, 1.82) is 0 Å². The molecule has 0 amide bonds. The predicted octanol–water partition coefficient (Wildman–Crippen LogP) is 2.80. The predicted molar refractivity (Wildman–Crippen MR) is 108 cm³/mol. The van der Waals surface area contributed by atoms with E-state index in [1.54, 1.807) is 11.8 Å². The van der Waals surface area contributed by atoms with Crippen LogP contribution in [0.2, 0.25) is 0 Å². The molecule has 1 N–H and O–H groups in total. The van der Waals surface area contributed by atoms with E-state index < -0.39 is 31.3 Å². The topological polar surface area (TPSA) is 83.6 Å². The molecule has 3 rings (SSSR count). The van der Waals surface area contributed by atoms with Crippen LogP contribution >= 0.6 is 11.8 Å². The zero-order chi connectivity index (χ0) is 20.6. The number of hydrogen-bond donors (Lipinski definition) is 1.